The van der Waals surface area contributed by atoms with E-state index in [0.717, 1.165) is 0 Å². The molecule has 0 atom stereocenters. The summed E-state index contributed by atoms with van der Waals surface area (Å²) in [5, 5.41) is 20.7. The molecular formula is C14H19N3O3. The Balaban J connectivity index is 0.000000204. The standard InChI is InChI=1S/C7H11N3O.C7H8O2/c1-9-7-5(8)3-4-6(10-7)11-2;1-5-6(8)3-2-4-7(5)9/h3-4H,8H2,1-2H3,(H,9,10);2-4,8-9H,1H3. The van der Waals surface area contributed by atoms with Gasteiger partial charge in [0.2, 0.25) is 5.88 Å². The van der Waals surface area contributed by atoms with E-state index in [4.69, 9.17) is 20.7 Å². The van der Waals surface area contributed by atoms with Crippen molar-refractivity contribution in [1.82, 2.24) is 4.98 Å². The smallest absolute Gasteiger partial charge is 0.215 e. The van der Waals surface area contributed by atoms with E-state index in [1.54, 1.807) is 39.3 Å². The Morgan fingerprint density at radius 1 is 1.15 bits per heavy atom. The Bertz CT molecular complexity index is 553. The molecule has 0 amide bonds. The van der Waals surface area contributed by atoms with Crippen molar-refractivity contribution in [1.29, 1.82) is 0 Å². The quantitative estimate of drug-likeness (QED) is 0.671. The van der Waals surface area contributed by atoms with Crippen LogP contribution in [0.3, 0.4) is 0 Å². The monoisotopic (exact) mass is 277 g/mol. The zero-order valence-electron chi connectivity index (χ0n) is 11.7. The number of nitrogen functional groups attached to an aromatic ring is 1. The van der Waals surface area contributed by atoms with E-state index in [0.29, 0.717) is 22.9 Å². The number of nitrogens with two attached hydrogens (primary N) is 1. The van der Waals surface area contributed by atoms with Crippen LogP contribution >= 0.6 is 0 Å². The number of aromatic hydroxyl groups is 2. The third-order valence-electron chi connectivity index (χ3n) is 2.62. The molecule has 0 bridgehead atoms. The van der Waals surface area contributed by atoms with Crippen molar-refractivity contribution in [2.45, 2.75) is 6.92 Å². The summed E-state index contributed by atoms with van der Waals surface area (Å²) < 4.78 is 4.90. The molecule has 0 fully saturated rings. The third-order valence-corrected chi connectivity index (χ3v) is 2.62. The lowest BCUT2D eigenvalue weighted by Gasteiger charge is -2.04. The summed E-state index contributed by atoms with van der Waals surface area (Å²) >= 11 is 0. The molecule has 20 heavy (non-hydrogen) atoms. The fraction of sp³-hybridized carbons (Fsp3) is 0.214. The largest absolute Gasteiger partial charge is 0.508 e. The average molecular weight is 277 g/mol. The van der Waals surface area contributed by atoms with E-state index in [9.17, 15) is 0 Å². The molecular weight excluding hydrogens is 258 g/mol. The number of phenolic OH excluding ortho intramolecular Hbond substituents is 2. The lowest BCUT2D eigenvalue weighted by Crippen LogP contribution is -1.99. The van der Waals surface area contributed by atoms with Gasteiger partial charge in [0.15, 0.2) is 5.82 Å². The first kappa shape index (κ1) is 15.4. The molecule has 108 valence electrons. The normalized spacial score (nSPS) is 9.35. The summed E-state index contributed by atoms with van der Waals surface area (Å²) in [6.07, 6.45) is 0. The van der Waals surface area contributed by atoms with Crippen LogP contribution in [0.15, 0.2) is 30.3 Å². The number of nitrogens with zero attached hydrogens (tertiary/aromatic N) is 1. The maximum atomic E-state index is 8.94. The first-order valence-corrected chi connectivity index (χ1v) is 5.95. The number of anilines is 2. The SMILES string of the molecule is CNc1nc(OC)ccc1N.Cc1c(O)cccc1O. The molecule has 1 aromatic carbocycles. The van der Waals surface area contributed by atoms with Crippen molar-refractivity contribution < 1.29 is 14.9 Å². The van der Waals surface area contributed by atoms with Crippen molar-refractivity contribution in [3.8, 4) is 17.4 Å². The topological polar surface area (TPSA) is 101 Å². The van der Waals surface area contributed by atoms with Gasteiger partial charge in [-0.25, -0.2) is 0 Å². The molecule has 5 N–H and O–H groups in total. The highest BCUT2D eigenvalue weighted by Gasteiger charge is 1.99. The minimum absolute atomic E-state index is 0.134. The number of hydrogen-bond acceptors (Lipinski definition) is 6. The van der Waals surface area contributed by atoms with Crippen LogP contribution in [-0.4, -0.2) is 29.4 Å². The van der Waals surface area contributed by atoms with Gasteiger partial charge in [0.25, 0.3) is 0 Å². The van der Waals surface area contributed by atoms with Gasteiger partial charge in [0.1, 0.15) is 11.5 Å². The molecule has 6 nitrogen and oxygen atoms in total. The number of aromatic nitrogens is 1. The van der Waals surface area contributed by atoms with Crippen LogP contribution in [0.4, 0.5) is 11.5 Å². The van der Waals surface area contributed by atoms with E-state index < -0.39 is 0 Å². The molecule has 0 saturated carbocycles. The van der Waals surface area contributed by atoms with E-state index >= 15 is 0 Å². The summed E-state index contributed by atoms with van der Waals surface area (Å²) in [5.74, 6) is 1.47. The van der Waals surface area contributed by atoms with Gasteiger partial charge in [-0.1, -0.05) is 6.07 Å². The molecule has 0 spiro atoms. The molecule has 0 saturated heterocycles. The molecule has 6 heteroatoms. The number of nitrogens with one attached hydrogen (secondary N) is 1. The Kier molecular flexibility index (Phi) is 5.46. The molecule has 0 aliphatic rings. The van der Waals surface area contributed by atoms with Gasteiger partial charge in [0, 0.05) is 18.7 Å². The Hall–Kier alpha value is -2.63. The number of pyridine rings is 1. The van der Waals surface area contributed by atoms with Crippen LogP contribution in [-0.2, 0) is 0 Å². The Morgan fingerprint density at radius 3 is 2.20 bits per heavy atom. The van der Waals surface area contributed by atoms with Gasteiger partial charge in [-0.3, -0.25) is 0 Å². The minimum atomic E-state index is 0.134. The second kappa shape index (κ2) is 7.08. The maximum Gasteiger partial charge on any atom is 0.215 e. The summed E-state index contributed by atoms with van der Waals surface area (Å²) in [5.41, 5.74) is 6.72. The Morgan fingerprint density at radius 2 is 1.75 bits per heavy atom. The number of hydrogen-bond donors (Lipinski definition) is 4. The number of methoxy groups -OCH3 is 1. The average Bonchev–Trinajstić information content (AvgIpc) is 2.46. The second-order valence-electron chi connectivity index (χ2n) is 3.96. The minimum Gasteiger partial charge on any atom is -0.508 e. The molecule has 0 aliphatic carbocycles. The van der Waals surface area contributed by atoms with E-state index in [-0.39, 0.29) is 11.5 Å². The zero-order valence-corrected chi connectivity index (χ0v) is 11.7. The van der Waals surface area contributed by atoms with Gasteiger partial charge in [-0.05, 0) is 25.1 Å². The molecule has 2 rings (SSSR count). The van der Waals surface area contributed by atoms with Crippen LogP contribution in [0.2, 0.25) is 0 Å². The Labute approximate surface area is 117 Å². The van der Waals surface area contributed by atoms with Gasteiger partial charge in [0.05, 0.1) is 12.8 Å². The van der Waals surface area contributed by atoms with Gasteiger partial charge in [-0.2, -0.15) is 4.98 Å². The fourth-order valence-corrected chi connectivity index (χ4v) is 1.38. The molecule has 1 aromatic heterocycles. The predicted octanol–water partition coefficient (Wildman–Crippen LogP) is 2.12. The van der Waals surface area contributed by atoms with Crippen molar-refractivity contribution in [2.24, 2.45) is 0 Å². The second-order valence-corrected chi connectivity index (χ2v) is 3.96. The van der Waals surface area contributed by atoms with Gasteiger partial charge < -0.3 is 26.0 Å². The number of phenols is 2. The first-order chi connectivity index (χ1) is 9.49. The lowest BCUT2D eigenvalue weighted by molar-refractivity contribution is 0.398. The van der Waals surface area contributed by atoms with E-state index in [1.807, 2.05) is 0 Å². The van der Waals surface area contributed by atoms with Gasteiger partial charge >= 0.3 is 0 Å². The highest BCUT2D eigenvalue weighted by molar-refractivity contribution is 5.61. The van der Waals surface area contributed by atoms with Crippen molar-refractivity contribution >= 4 is 11.5 Å². The predicted molar refractivity (Wildman–Crippen MR) is 79.3 cm³/mol. The number of rotatable bonds is 2. The number of benzene rings is 1. The molecule has 0 unspecified atom stereocenters. The summed E-state index contributed by atoms with van der Waals surface area (Å²) in [7, 11) is 3.33. The van der Waals surface area contributed by atoms with Crippen LogP contribution in [0, 0.1) is 6.92 Å². The number of ether oxygens (including phenoxy) is 1. The lowest BCUT2D eigenvalue weighted by atomic mass is 10.2. The van der Waals surface area contributed by atoms with Gasteiger partial charge in [-0.15, -0.1) is 0 Å². The molecule has 0 radical (unpaired) electrons. The van der Waals surface area contributed by atoms with E-state index in [1.165, 1.54) is 12.1 Å². The van der Waals surface area contributed by atoms with Crippen molar-refractivity contribution in [3.63, 3.8) is 0 Å². The van der Waals surface area contributed by atoms with E-state index in [2.05, 4.69) is 10.3 Å². The molecule has 1 heterocycles. The van der Waals surface area contributed by atoms with Crippen LogP contribution in [0.1, 0.15) is 5.56 Å². The van der Waals surface area contributed by atoms with Crippen LogP contribution < -0.4 is 15.8 Å². The fourth-order valence-electron chi connectivity index (χ4n) is 1.38. The molecule has 0 aliphatic heterocycles. The highest BCUT2D eigenvalue weighted by atomic mass is 16.5. The zero-order chi connectivity index (χ0) is 15.1. The summed E-state index contributed by atoms with van der Waals surface area (Å²) in [6.45, 7) is 1.66. The summed E-state index contributed by atoms with van der Waals surface area (Å²) in [4.78, 5) is 4.05. The van der Waals surface area contributed by atoms with Crippen molar-refractivity contribution in [3.05, 3.63) is 35.9 Å². The highest BCUT2D eigenvalue weighted by Crippen LogP contribution is 2.23. The molecule has 2 aromatic rings. The first-order valence-electron chi connectivity index (χ1n) is 5.95. The maximum absolute atomic E-state index is 8.94. The van der Waals surface area contributed by atoms with Crippen LogP contribution in [0.5, 0.6) is 17.4 Å². The van der Waals surface area contributed by atoms with Crippen molar-refractivity contribution in [2.75, 3.05) is 25.2 Å². The third kappa shape index (κ3) is 3.94. The van der Waals surface area contributed by atoms with Crippen LogP contribution in [0.25, 0.3) is 0 Å². The summed E-state index contributed by atoms with van der Waals surface area (Å²) in [6, 6.07) is 8.13.